The molecule has 10 heteroatoms. The molecule has 0 saturated carbocycles. The van der Waals surface area contributed by atoms with Crippen LogP contribution < -0.4 is 0 Å². The molecular formula is C24H38O10. The minimum Gasteiger partial charge on any atom is -0.344 e. The minimum absolute atomic E-state index is 0.252. The van der Waals surface area contributed by atoms with E-state index in [-0.39, 0.29) is 48.8 Å². The van der Waals surface area contributed by atoms with Crippen LogP contribution in [-0.4, -0.2) is 84.6 Å². The first-order chi connectivity index (χ1) is 15.7. The van der Waals surface area contributed by atoms with Crippen LogP contribution in [0.1, 0.15) is 68.2 Å². The fourth-order valence-electron chi connectivity index (χ4n) is 6.18. The van der Waals surface area contributed by atoms with Gasteiger partial charge in [0.1, 0.15) is 36.6 Å². The van der Waals surface area contributed by atoms with E-state index in [4.69, 9.17) is 47.4 Å². The van der Waals surface area contributed by atoms with E-state index < -0.39 is 35.7 Å². The zero-order valence-electron chi connectivity index (χ0n) is 21.3. The van der Waals surface area contributed by atoms with E-state index in [1.807, 2.05) is 55.4 Å². The summed E-state index contributed by atoms with van der Waals surface area (Å²) in [5.41, 5.74) is 0. The number of rotatable bonds is 3. The van der Waals surface area contributed by atoms with Gasteiger partial charge in [-0.05, 0) is 68.2 Å². The molecule has 6 aliphatic heterocycles. The molecule has 10 atom stereocenters. The monoisotopic (exact) mass is 486 g/mol. The number of ether oxygens (including phenoxy) is 10. The van der Waals surface area contributed by atoms with Crippen molar-refractivity contribution >= 4 is 0 Å². The van der Waals surface area contributed by atoms with Crippen molar-refractivity contribution in [3.8, 4) is 0 Å². The second-order valence-electron chi connectivity index (χ2n) is 12.0. The summed E-state index contributed by atoms with van der Waals surface area (Å²) in [6.07, 6.45) is -1.99. The standard InChI is InChI=1S/C24H38O10/c1-21(2)27-13-11(25-19-17(15(13)29-21)31-23(5,6)33-19)9-10-12-14-16(30-22(3,4)28-14)18-20(26-12)34-24(7,8)32-18/h11-20H,9-10H2,1-8H3/t11-,12-,13+,14+,15+,16+,17-,18-,19-,20-/m1/s1. The lowest BCUT2D eigenvalue weighted by atomic mass is 9.91. The van der Waals surface area contributed by atoms with Crippen LogP contribution in [0.2, 0.25) is 0 Å². The molecular weight excluding hydrogens is 448 g/mol. The Morgan fingerprint density at radius 3 is 1.06 bits per heavy atom. The maximum Gasteiger partial charge on any atom is 0.190 e. The molecule has 0 amide bonds. The SMILES string of the molecule is CC1(C)O[C@H]2[C@@H](O1)[C@@H](CC[C@H]1O[C@@H]3OC(C)(C)O[C@@H]3[C@H]3OC(C)(C)O[C@H]31)O[C@@H]1OC(C)(C)O[C@@H]12. The quantitative estimate of drug-likeness (QED) is 0.593. The molecule has 0 aromatic rings. The highest BCUT2D eigenvalue weighted by molar-refractivity contribution is 5.03. The van der Waals surface area contributed by atoms with Gasteiger partial charge in [-0.25, -0.2) is 0 Å². The third-order valence-electron chi connectivity index (χ3n) is 7.24. The normalized spacial score (nSPS) is 51.5. The van der Waals surface area contributed by atoms with Crippen LogP contribution in [0.25, 0.3) is 0 Å². The Hall–Kier alpha value is -0.400. The fraction of sp³-hybridized carbons (Fsp3) is 1.00. The van der Waals surface area contributed by atoms with Gasteiger partial charge in [0.15, 0.2) is 35.7 Å². The summed E-state index contributed by atoms with van der Waals surface area (Å²) in [6.45, 7) is 15.2. The molecule has 0 aromatic carbocycles. The highest BCUT2D eigenvalue weighted by Gasteiger charge is 2.62. The lowest BCUT2D eigenvalue weighted by Crippen LogP contribution is -2.57. The van der Waals surface area contributed by atoms with Crippen molar-refractivity contribution in [2.24, 2.45) is 0 Å². The van der Waals surface area contributed by atoms with Crippen LogP contribution in [0.5, 0.6) is 0 Å². The largest absolute Gasteiger partial charge is 0.344 e. The molecule has 194 valence electrons. The van der Waals surface area contributed by atoms with Crippen LogP contribution in [-0.2, 0) is 47.4 Å². The summed E-state index contributed by atoms with van der Waals surface area (Å²) in [5, 5.41) is 0. The van der Waals surface area contributed by atoms with E-state index in [9.17, 15) is 0 Å². The Morgan fingerprint density at radius 2 is 0.676 bits per heavy atom. The summed E-state index contributed by atoms with van der Waals surface area (Å²) in [5.74, 6) is -2.94. The number of hydrogen-bond acceptors (Lipinski definition) is 10. The van der Waals surface area contributed by atoms with Gasteiger partial charge < -0.3 is 47.4 Å². The second-order valence-corrected chi connectivity index (χ2v) is 12.0. The van der Waals surface area contributed by atoms with Crippen LogP contribution in [0.4, 0.5) is 0 Å². The van der Waals surface area contributed by atoms with Gasteiger partial charge in [-0.2, -0.15) is 0 Å². The minimum atomic E-state index is -0.743. The van der Waals surface area contributed by atoms with Crippen molar-refractivity contribution in [3.63, 3.8) is 0 Å². The summed E-state index contributed by atoms with van der Waals surface area (Å²) in [7, 11) is 0. The number of fused-ring (bicyclic) bond motifs is 6. The maximum absolute atomic E-state index is 6.38. The van der Waals surface area contributed by atoms with Gasteiger partial charge in [-0.1, -0.05) is 0 Å². The average molecular weight is 487 g/mol. The van der Waals surface area contributed by atoms with E-state index in [2.05, 4.69) is 0 Å². The Morgan fingerprint density at radius 1 is 0.382 bits per heavy atom. The molecule has 0 spiro atoms. The van der Waals surface area contributed by atoms with E-state index in [0.29, 0.717) is 12.8 Å². The lowest BCUT2D eigenvalue weighted by molar-refractivity contribution is -0.248. The van der Waals surface area contributed by atoms with Gasteiger partial charge in [-0.3, -0.25) is 0 Å². The average Bonchev–Trinajstić information content (AvgIpc) is 3.37. The Balaban J connectivity index is 1.19. The lowest BCUT2D eigenvalue weighted by Gasteiger charge is -2.40. The van der Waals surface area contributed by atoms with E-state index in [0.717, 1.165) is 0 Å². The summed E-state index contributed by atoms with van der Waals surface area (Å²) in [6, 6.07) is 0. The summed E-state index contributed by atoms with van der Waals surface area (Å²) >= 11 is 0. The third-order valence-corrected chi connectivity index (χ3v) is 7.24. The van der Waals surface area contributed by atoms with Crippen LogP contribution in [0.15, 0.2) is 0 Å². The van der Waals surface area contributed by atoms with Crippen LogP contribution in [0, 0.1) is 0 Å². The molecule has 6 aliphatic rings. The molecule has 0 aromatic heterocycles. The van der Waals surface area contributed by atoms with Crippen molar-refractivity contribution in [2.45, 2.75) is 153 Å². The van der Waals surface area contributed by atoms with Gasteiger partial charge in [0, 0.05) is 0 Å². The van der Waals surface area contributed by atoms with Crippen molar-refractivity contribution in [1.29, 1.82) is 0 Å². The topological polar surface area (TPSA) is 92.3 Å². The van der Waals surface area contributed by atoms with Crippen molar-refractivity contribution < 1.29 is 47.4 Å². The first kappa shape index (κ1) is 24.0. The van der Waals surface area contributed by atoms with Gasteiger partial charge in [0.25, 0.3) is 0 Å². The number of hydrogen-bond donors (Lipinski definition) is 0. The van der Waals surface area contributed by atoms with Gasteiger partial charge in [-0.15, -0.1) is 0 Å². The molecule has 0 unspecified atom stereocenters. The molecule has 0 aliphatic carbocycles. The van der Waals surface area contributed by atoms with Crippen LogP contribution >= 0.6 is 0 Å². The Labute approximate surface area is 200 Å². The summed E-state index contributed by atoms with van der Waals surface area (Å²) in [4.78, 5) is 0. The highest BCUT2D eigenvalue weighted by atomic mass is 16.9. The molecule has 6 saturated heterocycles. The predicted molar refractivity (Wildman–Crippen MR) is 114 cm³/mol. The summed E-state index contributed by atoms with van der Waals surface area (Å²) < 4.78 is 62.1. The molecule has 0 radical (unpaired) electrons. The molecule has 6 rings (SSSR count). The van der Waals surface area contributed by atoms with Gasteiger partial charge >= 0.3 is 0 Å². The van der Waals surface area contributed by atoms with Gasteiger partial charge in [0.05, 0.1) is 12.2 Å². The van der Waals surface area contributed by atoms with E-state index >= 15 is 0 Å². The molecule has 10 nitrogen and oxygen atoms in total. The Bertz CT molecular complexity index is 746. The zero-order chi connectivity index (χ0) is 24.3. The van der Waals surface area contributed by atoms with Crippen molar-refractivity contribution in [2.75, 3.05) is 0 Å². The Kier molecular flexibility index (Phi) is 5.33. The first-order valence-electron chi connectivity index (χ1n) is 12.4. The maximum atomic E-state index is 6.38. The first-order valence-corrected chi connectivity index (χ1v) is 12.4. The fourth-order valence-corrected chi connectivity index (χ4v) is 6.18. The molecule has 0 N–H and O–H groups in total. The molecule has 6 heterocycles. The zero-order valence-corrected chi connectivity index (χ0v) is 21.3. The van der Waals surface area contributed by atoms with E-state index in [1.54, 1.807) is 0 Å². The molecule has 0 bridgehead atoms. The smallest absolute Gasteiger partial charge is 0.190 e. The van der Waals surface area contributed by atoms with Crippen molar-refractivity contribution in [1.82, 2.24) is 0 Å². The van der Waals surface area contributed by atoms with E-state index in [1.165, 1.54) is 0 Å². The second kappa shape index (κ2) is 7.56. The molecule has 6 fully saturated rings. The third kappa shape index (κ3) is 4.13. The molecule has 34 heavy (non-hydrogen) atoms. The van der Waals surface area contributed by atoms with Gasteiger partial charge in [0.2, 0.25) is 0 Å². The highest BCUT2D eigenvalue weighted by Crippen LogP contribution is 2.47. The van der Waals surface area contributed by atoms with Crippen LogP contribution in [0.3, 0.4) is 0 Å². The predicted octanol–water partition coefficient (Wildman–Crippen LogP) is 2.56. The van der Waals surface area contributed by atoms with Crippen molar-refractivity contribution in [3.05, 3.63) is 0 Å².